The number of aromatic nitrogens is 1. The molecule has 0 saturated heterocycles. The van der Waals surface area contributed by atoms with E-state index in [1.54, 1.807) is 6.07 Å². The number of nitrogens with one attached hydrogen (secondary N) is 2. The van der Waals surface area contributed by atoms with Gasteiger partial charge in [0.25, 0.3) is 11.8 Å². The molecule has 0 bridgehead atoms. The first-order valence-electron chi connectivity index (χ1n) is 9.94. The molecular weight excluding hydrogens is 509 g/mol. The van der Waals surface area contributed by atoms with E-state index in [1.165, 1.54) is 23.3 Å². The van der Waals surface area contributed by atoms with Gasteiger partial charge in [-0.25, -0.2) is 8.42 Å². The minimum Gasteiger partial charge on any atom is -0.382 e. The van der Waals surface area contributed by atoms with Crippen molar-refractivity contribution in [3.63, 3.8) is 0 Å². The number of sulfone groups is 1. The van der Waals surface area contributed by atoms with Gasteiger partial charge in [-0.2, -0.15) is 0 Å². The molecule has 2 aromatic heterocycles. The number of aliphatic hydroxyl groups is 1. The van der Waals surface area contributed by atoms with Crippen molar-refractivity contribution in [3.05, 3.63) is 56.5 Å². The number of halogens is 2. The van der Waals surface area contributed by atoms with Crippen LogP contribution in [0.2, 0.25) is 9.36 Å². The number of aromatic amines is 1. The van der Waals surface area contributed by atoms with Gasteiger partial charge in [0.1, 0.15) is 16.1 Å². The van der Waals surface area contributed by atoms with Crippen LogP contribution < -0.4 is 5.32 Å². The fraction of sp³-hybridized carbons (Fsp3) is 0.333. The molecule has 2 heterocycles. The van der Waals surface area contributed by atoms with Crippen LogP contribution in [0, 0.1) is 0 Å². The minimum absolute atomic E-state index is 0.301. The molecule has 0 fully saturated rings. The van der Waals surface area contributed by atoms with Crippen LogP contribution in [-0.4, -0.2) is 66.4 Å². The van der Waals surface area contributed by atoms with E-state index in [0.717, 1.165) is 22.1 Å². The molecule has 3 aromatic rings. The molecule has 0 aliphatic heterocycles. The molecule has 33 heavy (non-hydrogen) atoms. The first-order chi connectivity index (χ1) is 15.5. The number of fused-ring (bicyclic) bond motifs is 2. The summed E-state index contributed by atoms with van der Waals surface area (Å²) in [6.45, 7) is 0. The summed E-state index contributed by atoms with van der Waals surface area (Å²) in [6.07, 6.45) is -0.275. The van der Waals surface area contributed by atoms with Crippen LogP contribution in [0.25, 0.3) is 10.2 Å². The smallest absolute Gasteiger partial charge is 0.268 e. The van der Waals surface area contributed by atoms with Crippen molar-refractivity contribution in [2.45, 2.75) is 24.6 Å². The number of carbonyl (C=O) groups excluding carboxylic acids is 2. The zero-order chi connectivity index (χ0) is 24.1. The van der Waals surface area contributed by atoms with Gasteiger partial charge in [-0.3, -0.25) is 9.59 Å². The summed E-state index contributed by atoms with van der Waals surface area (Å²) in [7, 11) is -2.07. The van der Waals surface area contributed by atoms with Crippen molar-refractivity contribution in [2.24, 2.45) is 0 Å². The number of carbonyl (C=O) groups is 2. The molecular formula is C21H21Cl2N3O5S2. The van der Waals surface area contributed by atoms with Crippen LogP contribution in [0.15, 0.2) is 30.3 Å². The molecule has 3 atom stereocenters. The van der Waals surface area contributed by atoms with E-state index < -0.39 is 39.7 Å². The lowest BCUT2D eigenvalue weighted by Gasteiger charge is -2.32. The number of nitrogens with zero attached hydrogens (tertiary/aromatic N) is 1. The second-order valence-corrected chi connectivity index (χ2v) is 12.3. The Kier molecular flexibility index (Phi) is 6.49. The van der Waals surface area contributed by atoms with Crippen molar-refractivity contribution in [3.8, 4) is 0 Å². The van der Waals surface area contributed by atoms with Crippen LogP contribution in [0.4, 0.5) is 0 Å². The van der Waals surface area contributed by atoms with Gasteiger partial charge in [-0.1, -0.05) is 47.5 Å². The van der Waals surface area contributed by atoms with Crippen molar-refractivity contribution in [1.29, 1.82) is 0 Å². The fourth-order valence-corrected chi connectivity index (χ4v) is 6.40. The number of rotatable bonds is 6. The third-order valence-electron chi connectivity index (χ3n) is 5.64. The standard InChI is InChI=1S/C21H21Cl2N3O5S2/c1-26(21(29)14(27)9-33(2,30)31)18-11-6-4-3-5-10(11)7-12(18)25-20(28)13-8-15-17(24-13)16(22)19(23)32-15/h3-6,8,12,14,18,24,27H,7,9H2,1-2H3,(H,25,28)/t12-,14+,18-/m1/s1. The monoisotopic (exact) mass is 529 g/mol. The van der Waals surface area contributed by atoms with Gasteiger partial charge in [-0.05, 0) is 23.6 Å². The quantitative estimate of drug-likeness (QED) is 0.453. The van der Waals surface area contributed by atoms with Gasteiger partial charge in [0, 0.05) is 13.3 Å². The number of hydrogen-bond donors (Lipinski definition) is 3. The largest absolute Gasteiger partial charge is 0.382 e. The number of likely N-dealkylation sites (N-methyl/N-ethyl adjacent to an activating group) is 1. The van der Waals surface area contributed by atoms with Gasteiger partial charge in [-0.15, -0.1) is 11.3 Å². The lowest BCUT2D eigenvalue weighted by Crippen LogP contribution is -2.48. The maximum atomic E-state index is 13.0. The Morgan fingerprint density at radius 2 is 2.03 bits per heavy atom. The third kappa shape index (κ3) is 4.76. The molecule has 0 saturated carbocycles. The summed E-state index contributed by atoms with van der Waals surface area (Å²) in [5.74, 6) is -1.79. The lowest BCUT2D eigenvalue weighted by atomic mass is 10.0. The Bertz CT molecular complexity index is 1350. The molecule has 176 valence electrons. The van der Waals surface area contributed by atoms with Crippen LogP contribution in [0.3, 0.4) is 0 Å². The first kappa shape index (κ1) is 24.0. The highest BCUT2D eigenvalue weighted by Gasteiger charge is 2.40. The molecule has 0 radical (unpaired) electrons. The SMILES string of the molecule is CN(C(=O)[C@@H](O)CS(C)(=O)=O)[C@@H]1c2ccccc2C[C@H]1NC(=O)c1cc2sc(Cl)c(Cl)c2[nH]1. The molecule has 1 aliphatic carbocycles. The van der Waals surface area contributed by atoms with Crippen molar-refractivity contribution in [2.75, 3.05) is 19.1 Å². The Balaban J connectivity index is 1.59. The Labute approximate surface area is 204 Å². The molecule has 2 amide bonds. The van der Waals surface area contributed by atoms with Gasteiger partial charge in [0.15, 0.2) is 9.84 Å². The van der Waals surface area contributed by atoms with Gasteiger partial charge >= 0.3 is 0 Å². The van der Waals surface area contributed by atoms with Crippen molar-refractivity contribution in [1.82, 2.24) is 15.2 Å². The van der Waals surface area contributed by atoms with E-state index in [0.29, 0.717) is 27.0 Å². The Morgan fingerprint density at radius 1 is 1.33 bits per heavy atom. The topological polar surface area (TPSA) is 120 Å². The van der Waals surface area contributed by atoms with Gasteiger partial charge in [0.05, 0.1) is 33.1 Å². The molecule has 0 unspecified atom stereocenters. The normalized spacial score (nSPS) is 18.8. The number of H-pyrrole nitrogens is 1. The highest BCUT2D eigenvalue weighted by Crippen LogP contribution is 2.39. The zero-order valence-corrected chi connectivity index (χ0v) is 20.8. The second kappa shape index (κ2) is 8.92. The highest BCUT2D eigenvalue weighted by molar-refractivity contribution is 7.90. The molecule has 8 nitrogen and oxygen atoms in total. The average Bonchev–Trinajstić information content (AvgIpc) is 3.38. The van der Waals surface area contributed by atoms with Crippen LogP contribution in [0.1, 0.15) is 27.7 Å². The summed E-state index contributed by atoms with van der Waals surface area (Å²) in [5, 5.41) is 13.5. The van der Waals surface area contributed by atoms with E-state index in [1.807, 2.05) is 24.3 Å². The lowest BCUT2D eigenvalue weighted by molar-refractivity contribution is -0.140. The van der Waals surface area contributed by atoms with Crippen LogP contribution in [0.5, 0.6) is 0 Å². The number of amides is 2. The van der Waals surface area contributed by atoms with E-state index >= 15 is 0 Å². The van der Waals surface area contributed by atoms with E-state index in [9.17, 15) is 23.1 Å². The number of thiophene rings is 1. The molecule has 12 heteroatoms. The van der Waals surface area contributed by atoms with Gasteiger partial charge in [0.2, 0.25) is 0 Å². The van der Waals surface area contributed by atoms with E-state index in [2.05, 4.69) is 10.3 Å². The predicted octanol–water partition coefficient (Wildman–Crippen LogP) is 2.80. The highest BCUT2D eigenvalue weighted by atomic mass is 35.5. The number of hydrogen-bond acceptors (Lipinski definition) is 6. The molecule has 0 spiro atoms. The van der Waals surface area contributed by atoms with Crippen LogP contribution in [-0.2, 0) is 21.1 Å². The van der Waals surface area contributed by atoms with Crippen molar-refractivity contribution < 1.29 is 23.1 Å². The molecule has 3 N–H and O–H groups in total. The Morgan fingerprint density at radius 3 is 2.70 bits per heavy atom. The zero-order valence-electron chi connectivity index (χ0n) is 17.6. The maximum absolute atomic E-state index is 13.0. The maximum Gasteiger partial charge on any atom is 0.268 e. The van der Waals surface area contributed by atoms with Crippen molar-refractivity contribution >= 4 is 66.4 Å². The molecule has 1 aliphatic rings. The van der Waals surface area contributed by atoms with Gasteiger partial charge < -0.3 is 20.3 Å². The molecule has 4 rings (SSSR count). The van der Waals surface area contributed by atoms with E-state index in [-0.39, 0.29) is 5.91 Å². The summed E-state index contributed by atoms with van der Waals surface area (Å²) in [4.78, 5) is 30.2. The second-order valence-electron chi connectivity index (χ2n) is 8.10. The number of benzene rings is 1. The summed E-state index contributed by atoms with van der Waals surface area (Å²) in [6, 6.07) is 8.04. The molecule has 1 aromatic carbocycles. The third-order valence-corrected chi connectivity index (χ3v) is 8.49. The predicted molar refractivity (Wildman–Crippen MR) is 129 cm³/mol. The minimum atomic E-state index is -3.56. The number of aliphatic hydroxyl groups excluding tert-OH is 1. The van der Waals surface area contributed by atoms with E-state index in [4.69, 9.17) is 23.2 Å². The summed E-state index contributed by atoms with van der Waals surface area (Å²) in [5.41, 5.74) is 2.66. The summed E-state index contributed by atoms with van der Waals surface area (Å²) >= 11 is 13.5. The van der Waals surface area contributed by atoms with Crippen LogP contribution >= 0.6 is 34.5 Å². The fourth-order valence-electron chi connectivity index (χ4n) is 4.20. The Hall–Kier alpha value is -2.11. The first-order valence-corrected chi connectivity index (χ1v) is 13.6. The average molecular weight is 530 g/mol. The summed E-state index contributed by atoms with van der Waals surface area (Å²) < 4.78 is 24.3.